The van der Waals surface area contributed by atoms with Gasteiger partial charge in [0.15, 0.2) is 5.78 Å². The van der Waals surface area contributed by atoms with Crippen LogP contribution >= 0.6 is 0 Å². The summed E-state index contributed by atoms with van der Waals surface area (Å²) in [7, 11) is 0. The molecule has 1 aliphatic heterocycles. The van der Waals surface area contributed by atoms with E-state index in [1.165, 1.54) is 35.4 Å². The van der Waals surface area contributed by atoms with Gasteiger partial charge < -0.3 is 10.6 Å². The van der Waals surface area contributed by atoms with Crippen molar-refractivity contribution < 1.29 is 14.0 Å². The van der Waals surface area contributed by atoms with Crippen molar-refractivity contribution in [3.8, 4) is 0 Å². The number of rotatable bonds is 5. The lowest BCUT2D eigenvalue weighted by Crippen LogP contribution is -2.44. The second-order valence-corrected chi connectivity index (χ2v) is 7.14. The van der Waals surface area contributed by atoms with Crippen molar-refractivity contribution in [1.29, 1.82) is 0 Å². The summed E-state index contributed by atoms with van der Waals surface area (Å²) in [5.74, 6) is -1.01. The third-order valence-electron chi connectivity index (χ3n) is 5.20. The molecular weight excluding hydrogens is 367 g/mol. The van der Waals surface area contributed by atoms with Gasteiger partial charge in [0.1, 0.15) is 5.82 Å². The Morgan fingerprint density at radius 1 is 0.897 bits per heavy atom. The number of hydrogen-bond acceptors (Lipinski definition) is 3. The van der Waals surface area contributed by atoms with Gasteiger partial charge in [-0.05, 0) is 47.9 Å². The summed E-state index contributed by atoms with van der Waals surface area (Å²) in [5, 5.41) is 6.38. The zero-order valence-electron chi connectivity index (χ0n) is 15.8. The van der Waals surface area contributed by atoms with Crippen LogP contribution in [-0.4, -0.2) is 24.3 Å². The zero-order valence-corrected chi connectivity index (χ0v) is 15.8. The van der Waals surface area contributed by atoms with Crippen molar-refractivity contribution in [2.24, 2.45) is 0 Å². The topological polar surface area (TPSA) is 58.2 Å². The number of carbonyl (C=O) groups is 2. The summed E-state index contributed by atoms with van der Waals surface area (Å²) in [4.78, 5) is 25.6. The summed E-state index contributed by atoms with van der Waals surface area (Å²) in [5.41, 5.74) is 3.54. The van der Waals surface area contributed by atoms with Gasteiger partial charge in [-0.25, -0.2) is 4.39 Å². The van der Waals surface area contributed by atoms with E-state index in [0.29, 0.717) is 23.2 Å². The average Bonchev–Trinajstić information content (AvgIpc) is 2.77. The van der Waals surface area contributed by atoms with Gasteiger partial charge in [0.2, 0.25) is 0 Å². The molecule has 0 saturated carbocycles. The van der Waals surface area contributed by atoms with Crippen LogP contribution in [-0.2, 0) is 13.0 Å². The molecule has 4 nitrogen and oxygen atoms in total. The largest absolute Gasteiger partial charge is 0.350 e. The number of carbonyl (C=O) groups excluding carboxylic acids is 2. The summed E-state index contributed by atoms with van der Waals surface area (Å²) in [6, 6.07) is 20.4. The van der Waals surface area contributed by atoms with Crippen LogP contribution in [0.15, 0.2) is 72.8 Å². The molecule has 0 aromatic heterocycles. The van der Waals surface area contributed by atoms with E-state index in [9.17, 15) is 14.0 Å². The van der Waals surface area contributed by atoms with E-state index in [1.807, 2.05) is 12.1 Å². The molecule has 0 radical (unpaired) electrons. The number of fused-ring (bicyclic) bond motifs is 1. The number of benzene rings is 3. The van der Waals surface area contributed by atoms with Gasteiger partial charge in [-0.2, -0.15) is 0 Å². The second kappa shape index (κ2) is 8.37. The van der Waals surface area contributed by atoms with Crippen LogP contribution in [0.2, 0.25) is 0 Å². The summed E-state index contributed by atoms with van der Waals surface area (Å²) >= 11 is 0. The SMILES string of the molecule is O=C(NCC1Cc2ccccc2CN1)c1ccccc1C(=O)c1ccc(F)cc1. The fraction of sp³-hybridized carbons (Fsp3) is 0.167. The van der Waals surface area contributed by atoms with Crippen molar-refractivity contribution in [3.05, 3.63) is 106 Å². The maximum atomic E-state index is 13.1. The zero-order chi connectivity index (χ0) is 20.2. The van der Waals surface area contributed by atoms with Crippen LogP contribution < -0.4 is 10.6 Å². The standard InChI is InChI=1S/C24H21FN2O2/c25-19-11-9-16(10-12-19)23(28)21-7-3-4-8-22(21)24(29)27-15-20-13-17-5-1-2-6-18(17)14-26-20/h1-12,20,26H,13-15H2,(H,27,29). The molecule has 1 unspecified atom stereocenters. The molecule has 0 fully saturated rings. The van der Waals surface area contributed by atoms with Crippen molar-refractivity contribution in [2.45, 2.75) is 19.0 Å². The van der Waals surface area contributed by atoms with Gasteiger partial charge in [0.05, 0.1) is 5.56 Å². The van der Waals surface area contributed by atoms with E-state index in [4.69, 9.17) is 0 Å². The van der Waals surface area contributed by atoms with E-state index in [0.717, 1.165) is 13.0 Å². The molecule has 0 saturated heterocycles. The highest BCUT2D eigenvalue weighted by Gasteiger charge is 2.21. The molecule has 5 heteroatoms. The fourth-order valence-electron chi connectivity index (χ4n) is 3.61. The van der Waals surface area contributed by atoms with E-state index in [2.05, 4.69) is 22.8 Å². The summed E-state index contributed by atoms with van der Waals surface area (Å²) in [6.45, 7) is 1.24. The highest BCUT2D eigenvalue weighted by atomic mass is 19.1. The number of hydrogen-bond donors (Lipinski definition) is 2. The molecule has 4 rings (SSSR count). The van der Waals surface area contributed by atoms with Crippen LogP contribution in [0.4, 0.5) is 4.39 Å². The van der Waals surface area contributed by atoms with Gasteiger partial charge >= 0.3 is 0 Å². The molecule has 146 valence electrons. The van der Waals surface area contributed by atoms with Gasteiger partial charge in [0, 0.05) is 30.3 Å². The number of nitrogens with one attached hydrogen (secondary N) is 2. The van der Waals surface area contributed by atoms with Crippen molar-refractivity contribution >= 4 is 11.7 Å². The Hall–Kier alpha value is -3.31. The van der Waals surface area contributed by atoms with Gasteiger partial charge in [0.25, 0.3) is 5.91 Å². The second-order valence-electron chi connectivity index (χ2n) is 7.14. The third kappa shape index (κ3) is 4.25. The highest BCUT2D eigenvalue weighted by molar-refractivity contribution is 6.15. The minimum atomic E-state index is -0.408. The predicted octanol–water partition coefficient (Wildman–Crippen LogP) is 3.50. The molecule has 1 amide bonds. The quantitative estimate of drug-likeness (QED) is 0.658. The molecule has 1 aliphatic rings. The van der Waals surface area contributed by atoms with Crippen LogP contribution in [0, 0.1) is 5.82 Å². The third-order valence-corrected chi connectivity index (χ3v) is 5.20. The lowest BCUT2D eigenvalue weighted by molar-refractivity contribution is 0.0938. The number of halogens is 1. The van der Waals surface area contributed by atoms with Gasteiger partial charge in [-0.3, -0.25) is 9.59 Å². The molecule has 0 aliphatic carbocycles. The van der Waals surface area contributed by atoms with Gasteiger partial charge in [-0.1, -0.05) is 42.5 Å². The summed E-state index contributed by atoms with van der Waals surface area (Å²) < 4.78 is 13.1. The van der Waals surface area contributed by atoms with E-state index in [-0.39, 0.29) is 17.7 Å². The number of ketones is 1. The minimum Gasteiger partial charge on any atom is -0.350 e. The maximum absolute atomic E-state index is 13.1. The molecule has 2 N–H and O–H groups in total. The first-order valence-corrected chi connectivity index (χ1v) is 9.59. The Morgan fingerprint density at radius 2 is 1.55 bits per heavy atom. The first kappa shape index (κ1) is 19.0. The molecular formula is C24H21FN2O2. The Labute approximate surface area is 168 Å². The van der Waals surface area contributed by atoms with Gasteiger partial charge in [-0.15, -0.1) is 0 Å². The van der Waals surface area contributed by atoms with E-state index in [1.54, 1.807) is 24.3 Å². The molecule has 0 bridgehead atoms. The Kier molecular flexibility index (Phi) is 5.49. The Bertz CT molecular complexity index is 1050. The number of amides is 1. The summed E-state index contributed by atoms with van der Waals surface area (Å²) in [6.07, 6.45) is 0.840. The molecule has 1 heterocycles. The average molecular weight is 388 g/mol. The fourth-order valence-corrected chi connectivity index (χ4v) is 3.61. The highest BCUT2D eigenvalue weighted by Crippen LogP contribution is 2.17. The van der Waals surface area contributed by atoms with Crippen molar-refractivity contribution in [3.63, 3.8) is 0 Å². The van der Waals surface area contributed by atoms with E-state index < -0.39 is 5.82 Å². The monoisotopic (exact) mass is 388 g/mol. The normalized spacial score (nSPS) is 15.4. The van der Waals surface area contributed by atoms with Crippen LogP contribution in [0.3, 0.4) is 0 Å². The first-order valence-electron chi connectivity index (χ1n) is 9.59. The molecule has 3 aromatic rings. The van der Waals surface area contributed by atoms with E-state index >= 15 is 0 Å². The lowest BCUT2D eigenvalue weighted by atomic mass is 9.95. The molecule has 3 aromatic carbocycles. The van der Waals surface area contributed by atoms with Crippen molar-refractivity contribution in [1.82, 2.24) is 10.6 Å². The van der Waals surface area contributed by atoms with Crippen molar-refractivity contribution in [2.75, 3.05) is 6.54 Å². The Balaban J connectivity index is 1.46. The molecule has 0 spiro atoms. The smallest absolute Gasteiger partial charge is 0.252 e. The van der Waals surface area contributed by atoms with Crippen LogP contribution in [0.25, 0.3) is 0 Å². The van der Waals surface area contributed by atoms with Crippen LogP contribution in [0.5, 0.6) is 0 Å². The minimum absolute atomic E-state index is 0.133. The lowest BCUT2D eigenvalue weighted by Gasteiger charge is -2.26. The predicted molar refractivity (Wildman–Crippen MR) is 109 cm³/mol. The maximum Gasteiger partial charge on any atom is 0.252 e. The first-order chi connectivity index (χ1) is 14.1. The molecule has 1 atom stereocenters. The Morgan fingerprint density at radius 3 is 2.31 bits per heavy atom. The van der Waals surface area contributed by atoms with Crippen LogP contribution in [0.1, 0.15) is 37.4 Å². The molecule has 29 heavy (non-hydrogen) atoms.